The first kappa shape index (κ1) is 20.7. The number of anilines is 1. The van der Waals surface area contributed by atoms with E-state index < -0.39 is 5.97 Å². The van der Waals surface area contributed by atoms with E-state index in [1.807, 2.05) is 0 Å². The average molecular weight is 407 g/mol. The summed E-state index contributed by atoms with van der Waals surface area (Å²) in [5.74, 6) is 0.726. The maximum absolute atomic E-state index is 12.1. The molecule has 8 nitrogen and oxygen atoms in total. The van der Waals surface area contributed by atoms with Crippen LogP contribution in [-0.2, 0) is 11.8 Å². The predicted molar refractivity (Wildman–Crippen MR) is 112 cm³/mol. The van der Waals surface area contributed by atoms with Crippen molar-refractivity contribution in [3.8, 4) is 17.2 Å². The standard InChI is InChI=1S/C22H21N3O5/c1-25-14-16(13-23-25)22(27)24-17-6-8-18(9-7-17)30-21(26)11-5-15-4-10-19(28-2)20(12-15)29-3/h4-14H,1-3H3,(H,24,27)/b11-5+. The highest BCUT2D eigenvalue weighted by molar-refractivity contribution is 6.04. The Hall–Kier alpha value is -4.07. The van der Waals surface area contributed by atoms with Gasteiger partial charge in [-0.05, 0) is 48.0 Å². The molecule has 0 saturated heterocycles. The van der Waals surface area contributed by atoms with Crippen molar-refractivity contribution in [2.24, 2.45) is 7.05 Å². The van der Waals surface area contributed by atoms with E-state index in [1.165, 1.54) is 12.3 Å². The summed E-state index contributed by atoms with van der Waals surface area (Å²) >= 11 is 0. The Morgan fingerprint density at radius 2 is 1.77 bits per heavy atom. The molecule has 0 atom stereocenters. The number of amides is 1. The van der Waals surface area contributed by atoms with Crippen LogP contribution in [0.4, 0.5) is 5.69 Å². The number of esters is 1. The molecule has 30 heavy (non-hydrogen) atoms. The van der Waals surface area contributed by atoms with E-state index in [1.54, 1.807) is 80.7 Å². The van der Waals surface area contributed by atoms with Crippen LogP contribution in [0.1, 0.15) is 15.9 Å². The molecule has 1 aromatic heterocycles. The summed E-state index contributed by atoms with van der Waals surface area (Å²) in [5, 5.41) is 6.71. The number of methoxy groups -OCH3 is 2. The fourth-order valence-electron chi connectivity index (χ4n) is 2.62. The van der Waals surface area contributed by atoms with Gasteiger partial charge in [0.2, 0.25) is 0 Å². The highest BCUT2D eigenvalue weighted by Crippen LogP contribution is 2.28. The third-order valence-electron chi connectivity index (χ3n) is 4.12. The van der Waals surface area contributed by atoms with Crippen LogP contribution < -0.4 is 19.5 Å². The van der Waals surface area contributed by atoms with E-state index in [0.29, 0.717) is 28.5 Å². The molecule has 2 aromatic carbocycles. The van der Waals surface area contributed by atoms with Crippen molar-refractivity contribution in [3.63, 3.8) is 0 Å². The lowest BCUT2D eigenvalue weighted by Gasteiger charge is -2.07. The number of benzene rings is 2. The van der Waals surface area contributed by atoms with Crippen molar-refractivity contribution in [1.29, 1.82) is 0 Å². The highest BCUT2D eigenvalue weighted by Gasteiger charge is 2.09. The number of nitrogens with zero attached hydrogens (tertiary/aromatic N) is 2. The van der Waals surface area contributed by atoms with Gasteiger partial charge in [0, 0.05) is 25.0 Å². The maximum atomic E-state index is 12.1. The van der Waals surface area contributed by atoms with Gasteiger partial charge in [-0.2, -0.15) is 5.10 Å². The first-order valence-electron chi connectivity index (χ1n) is 9.00. The van der Waals surface area contributed by atoms with Gasteiger partial charge in [0.05, 0.1) is 26.0 Å². The smallest absolute Gasteiger partial charge is 0.336 e. The van der Waals surface area contributed by atoms with Crippen LogP contribution in [0.15, 0.2) is 60.9 Å². The number of carbonyl (C=O) groups is 2. The van der Waals surface area contributed by atoms with Gasteiger partial charge < -0.3 is 19.5 Å². The zero-order valence-corrected chi connectivity index (χ0v) is 16.8. The van der Waals surface area contributed by atoms with Crippen molar-refractivity contribution in [2.75, 3.05) is 19.5 Å². The third-order valence-corrected chi connectivity index (χ3v) is 4.12. The van der Waals surface area contributed by atoms with Gasteiger partial charge in [-0.3, -0.25) is 9.48 Å². The van der Waals surface area contributed by atoms with Crippen LogP contribution in [0, 0.1) is 0 Å². The Labute approximate surface area is 173 Å². The summed E-state index contributed by atoms with van der Waals surface area (Å²) in [5.41, 5.74) is 1.79. The molecule has 154 valence electrons. The van der Waals surface area contributed by atoms with Crippen LogP contribution in [0.2, 0.25) is 0 Å². The Balaban J connectivity index is 1.58. The van der Waals surface area contributed by atoms with Gasteiger partial charge in [0.1, 0.15) is 5.75 Å². The van der Waals surface area contributed by atoms with Gasteiger partial charge in [-0.1, -0.05) is 6.07 Å². The fraction of sp³-hybridized carbons (Fsp3) is 0.136. The number of rotatable bonds is 7. The summed E-state index contributed by atoms with van der Waals surface area (Å²) in [6.07, 6.45) is 6.04. The average Bonchev–Trinajstić information content (AvgIpc) is 3.20. The van der Waals surface area contributed by atoms with Gasteiger partial charge >= 0.3 is 5.97 Å². The zero-order valence-electron chi connectivity index (χ0n) is 16.8. The lowest BCUT2D eigenvalue weighted by Crippen LogP contribution is -2.11. The number of aryl methyl sites for hydroxylation is 1. The molecule has 0 unspecified atom stereocenters. The molecular formula is C22H21N3O5. The molecule has 0 fully saturated rings. The quantitative estimate of drug-likeness (QED) is 0.367. The highest BCUT2D eigenvalue weighted by atomic mass is 16.5. The van der Waals surface area contributed by atoms with E-state index in [4.69, 9.17) is 14.2 Å². The van der Waals surface area contributed by atoms with Crippen LogP contribution in [0.25, 0.3) is 6.08 Å². The van der Waals surface area contributed by atoms with Crippen molar-refractivity contribution in [2.45, 2.75) is 0 Å². The van der Waals surface area contributed by atoms with Gasteiger partial charge in [-0.15, -0.1) is 0 Å². The number of carbonyl (C=O) groups excluding carboxylic acids is 2. The monoisotopic (exact) mass is 407 g/mol. The largest absolute Gasteiger partial charge is 0.493 e. The predicted octanol–water partition coefficient (Wildman–Crippen LogP) is 3.31. The SMILES string of the molecule is COc1ccc(/C=C/C(=O)Oc2ccc(NC(=O)c3cnn(C)c3)cc2)cc1OC. The molecule has 1 N–H and O–H groups in total. The molecule has 0 aliphatic heterocycles. The molecule has 0 aliphatic carbocycles. The topological polar surface area (TPSA) is 91.7 Å². The summed E-state index contributed by atoms with van der Waals surface area (Å²) < 4.78 is 17.2. The van der Waals surface area contributed by atoms with Crippen molar-refractivity contribution in [1.82, 2.24) is 9.78 Å². The lowest BCUT2D eigenvalue weighted by molar-refractivity contribution is -0.128. The van der Waals surface area contributed by atoms with Crippen molar-refractivity contribution in [3.05, 3.63) is 72.1 Å². The molecule has 1 amide bonds. The molecule has 0 saturated carbocycles. The molecule has 1 heterocycles. The Bertz CT molecular complexity index is 1070. The molecule has 0 aliphatic rings. The summed E-state index contributed by atoms with van der Waals surface area (Å²) in [6, 6.07) is 11.8. The van der Waals surface area contributed by atoms with Crippen molar-refractivity contribution < 1.29 is 23.8 Å². The van der Waals surface area contributed by atoms with E-state index in [2.05, 4.69) is 10.4 Å². The Morgan fingerprint density at radius 1 is 1.03 bits per heavy atom. The number of ether oxygens (including phenoxy) is 3. The van der Waals surface area contributed by atoms with Gasteiger partial charge in [0.15, 0.2) is 11.5 Å². The number of nitrogens with one attached hydrogen (secondary N) is 1. The minimum atomic E-state index is -0.531. The summed E-state index contributed by atoms with van der Waals surface area (Å²) in [4.78, 5) is 24.2. The molecule has 0 bridgehead atoms. The lowest BCUT2D eigenvalue weighted by atomic mass is 10.2. The second kappa shape index (κ2) is 9.42. The summed E-state index contributed by atoms with van der Waals surface area (Å²) in [7, 11) is 4.84. The van der Waals surface area contributed by atoms with Crippen molar-refractivity contribution >= 4 is 23.6 Å². The molecule has 3 aromatic rings. The maximum Gasteiger partial charge on any atom is 0.336 e. The fourth-order valence-corrected chi connectivity index (χ4v) is 2.62. The molecule has 0 spiro atoms. The Morgan fingerprint density at radius 3 is 2.40 bits per heavy atom. The summed E-state index contributed by atoms with van der Waals surface area (Å²) in [6.45, 7) is 0. The molecule has 3 rings (SSSR count). The van der Waals surface area contributed by atoms with Crippen LogP contribution in [-0.4, -0.2) is 35.9 Å². The second-order valence-corrected chi connectivity index (χ2v) is 6.25. The zero-order chi connectivity index (χ0) is 21.5. The molecular weight excluding hydrogens is 386 g/mol. The molecule has 0 radical (unpaired) electrons. The Kier molecular flexibility index (Phi) is 6.49. The van der Waals surface area contributed by atoms with Crippen LogP contribution in [0.5, 0.6) is 17.2 Å². The van der Waals surface area contributed by atoms with Crippen LogP contribution >= 0.6 is 0 Å². The number of hydrogen-bond donors (Lipinski definition) is 1. The van der Waals surface area contributed by atoms with E-state index >= 15 is 0 Å². The van der Waals surface area contributed by atoms with E-state index in [9.17, 15) is 9.59 Å². The normalized spacial score (nSPS) is 10.6. The second-order valence-electron chi connectivity index (χ2n) is 6.25. The minimum Gasteiger partial charge on any atom is -0.493 e. The first-order chi connectivity index (χ1) is 14.5. The van der Waals surface area contributed by atoms with E-state index in [0.717, 1.165) is 5.56 Å². The minimum absolute atomic E-state index is 0.273. The first-order valence-corrected chi connectivity index (χ1v) is 9.00. The van der Waals surface area contributed by atoms with E-state index in [-0.39, 0.29) is 5.91 Å². The number of hydrogen-bond acceptors (Lipinski definition) is 6. The number of aromatic nitrogens is 2. The van der Waals surface area contributed by atoms with Gasteiger partial charge in [-0.25, -0.2) is 4.79 Å². The van der Waals surface area contributed by atoms with Gasteiger partial charge in [0.25, 0.3) is 5.91 Å². The van der Waals surface area contributed by atoms with Crippen LogP contribution in [0.3, 0.4) is 0 Å². The molecule has 8 heteroatoms. The third kappa shape index (κ3) is 5.26.